The lowest BCUT2D eigenvalue weighted by molar-refractivity contribution is 0.0939. The number of amides is 1. The highest BCUT2D eigenvalue weighted by Crippen LogP contribution is 2.27. The van der Waals surface area contributed by atoms with Gasteiger partial charge in [0.15, 0.2) is 0 Å². The van der Waals surface area contributed by atoms with Crippen molar-refractivity contribution in [2.45, 2.75) is 38.1 Å². The fraction of sp³-hybridized carbons (Fsp3) is 0.350. The predicted octanol–water partition coefficient (Wildman–Crippen LogP) is 3.36. The number of hydrogen-bond acceptors (Lipinski definition) is 4. The second kappa shape index (κ2) is 8.43. The number of rotatable bonds is 7. The molecule has 146 valence electrons. The minimum Gasteiger partial charge on any atom is -0.497 e. The van der Waals surface area contributed by atoms with Crippen LogP contribution in [0.1, 0.15) is 36.2 Å². The number of nitrogens with zero attached hydrogens (tertiary/aromatic N) is 1. The highest BCUT2D eigenvalue weighted by atomic mass is 32.2. The van der Waals surface area contributed by atoms with Crippen LogP contribution >= 0.6 is 0 Å². The van der Waals surface area contributed by atoms with E-state index in [1.165, 1.54) is 30.6 Å². The molecule has 0 aromatic heterocycles. The van der Waals surface area contributed by atoms with Gasteiger partial charge in [0.1, 0.15) is 5.75 Å². The molecule has 0 saturated heterocycles. The molecule has 6 nitrogen and oxygen atoms in total. The van der Waals surface area contributed by atoms with Crippen LogP contribution < -0.4 is 14.4 Å². The average Bonchev–Trinajstić information content (AvgIpc) is 2.67. The lowest BCUT2D eigenvalue weighted by Crippen LogP contribution is -2.32. The number of methoxy groups -OCH3 is 1. The molecule has 2 aromatic rings. The molecule has 0 aliphatic rings. The van der Waals surface area contributed by atoms with Gasteiger partial charge in [-0.3, -0.25) is 9.10 Å². The maximum Gasteiger partial charge on any atom is 0.264 e. The van der Waals surface area contributed by atoms with Crippen molar-refractivity contribution < 1.29 is 17.9 Å². The van der Waals surface area contributed by atoms with Crippen LogP contribution in [0.4, 0.5) is 5.69 Å². The van der Waals surface area contributed by atoms with Crippen LogP contribution in [0.15, 0.2) is 47.4 Å². The van der Waals surface area contributed by atoms with Crippen LogP contribution in [0.2, 0.25) is 0 Å². The van der Waals surface area contributed by atoms with Gasteiger partial charge in [0, 0.05) is 18.7 Å². The Morgan fingerprint density at radius 2 is 1.81 bits per heavy atom. The van der Waals surface area contributed by atoms with Gasteiger partial charge in [0.25, 0.3) is 15.9 Å². The second-order valence-electron chi connectivity index (χ2n) is 6.43. The number of ether oxygens (including phenoxy) is 1. The number of benzene rings is 2. The van der Waals surface area contributed by atoms with Crippen molar-refractivity contribution in [3.05, 3.63) is 53.6 Å². The van der Waals surface area contributed by atoms with Gasteiger partial charge in [-0.05, 0) is 68.3 Å². The molecule has 0 aliphatic carbocycles. The Balaban J connectivity index is 2.29. The van der Waals surface area contributed by atoms with E-state index < -0.39 is 10.0 Å². The third-order valence-corrected chi connectivity index (χ3v) is 6.29. The van der Waals surface area contributed by atoms with Crippen molar-refractivity contribution in [1.82, 2.24) is 5.32 Å². The van der Waals surface area contributed by atoms with Crippen LogP contribution in [0.25, 0.3) is 0 Å². The van der Waals surface area contributed by atoms with Gasteiger partial charge in [-0.1, -0.05) is 6.92 Å². The molecule has 1 amide bonds. The zero-order chi connectivity index (χ0) is 20.2. The van der Waals surface area contributed by atoms with Gasteiger partial charge in [-0.25, -0.2) is 8.42 Å². The molecular formula is C20H26N2O4S. The Bertz CT molecular complexity index is 908. The summed E-state index contributed by atoms with van der Waals surface area (Å²) in [6.07, 6.45) is 0.839. The minimum atomic E-state index is -3.72. The largest absolute Gasteiger partial charge is 0.497 e. The summed E-state index contributed by atoms with van der Waals surface area (Å²) in [7, 11) is -0.692. The van der Waals surface area contributed by atoms with Crippen molar-refractivity contribution in [3.63, 3.8) is 0 Å². The Hall–Kier alpha value is -2.54. The van der Waals surface area contributed by atoms with Gasteiger partial charge in [-0.15, -0.1) is 0 Å². The first-order valence-electron chi connectivity index (χ1n) is 8.75. The van der Waals surface area contributed by atoms with E-state index in [2.05, 4.69) is 5.32 Å². The van der Waals surface area contributed by atoms with Crippen LogP contribution in [0, 0.1) is 6.92 Å². The maximum absolute atomic E-state index is 12.9. The summed E-state index contributed by atoms with van der Waals surface area (Å²) in [6.45, 7) is 5.72. The summed E-state index contributed by atoms with van der Waals surface area (Å²) in [5.74, 6) is 0.420. The number of anilines is 1. The van der Waals surface area contributed by atoms with Crippen molar-refractivity contribution >= 4 is 21.6 Å². The first kappa shape index (κ1) is 20.8. The van der Waals surface area contributed by atoms with Crippen LogP contribution in [-0.2, 0) is 10.0 Å². The molecule has 7 heteroatoms. The van der Waals surface area contributed by atoms with Crippen LogP contribution in [-0.4, -0.2) is 34.5 Å². The lowest BCUT2D eigenvalue weighted by atomic mass is 10.1. The van der Waals surface area contributed by atoms with Crippen molar-refractivity contribution in [1.29, 1.82) is 0 Å². The summed E-state index contributed by atoms with van der Waals surface area (Å²) in [6, 6.07) is 11.3. The summed E-state index contributed by atoms with van der Waals surface area (Å²) in [5, 5.41) is 2.91. The van der Waals surface area contributed by atoms with E-state index in [-0.39, 0.29) is 16.8 Å². The second-order valence-corrected chi connectivity index (χ2v) is 8.40. The molecule has 27 heavy (non-hydrogen) atoms. The fourth-order valence-electron chi connectivity index (χ4n) is 2.59. The van der Waals surface area contributed by atoms with E-state index in [0.717, 1.165) is 6.42 Å². The lowest BCUT2D eigenvalue weighted by Gasteiger charge is -2.22. The maximum atomic E-state index is 12.9. The summed E-state index contributed by atoms with van der Waals surface area (Å²) in [4.78, 5) is 12.4. The van der Waals surface area contributed by atoms with E-state index in [1.54, 1.807) is 37.3 Å². The Labute approximate surface area is 161 Å². The van der Waals surface area contributed by atoms with E-state index in [9.17, 15) is 13.2 Å². The minimum absolute atomic E-state index is 0.0793. The highest BCUT2D eigenvalue weighted by molar-refractivity contribution is 7.92. The topological polar surface area (TPSA) is 75.7 Å². The van der Waals surface area contributed by atoms with Crippen molar-refractivity contribution in [2.75, 3.05) is 18.5 Å². The number of nitrogens with one attached hydrogen (secondary N) is 1. The molecule has 0 unspecified atom stereocenters. The van der Waals surface area contributed by atoms with Gasteiger partial charge in [-0.2, -0.15) is 0 Å². The Morgan fingerprint density at radius 1 is 1.19 bits per heavy atom. The smallest absolute Gasteiger partial charge is 0.264 e. The molecule has 0 aliphatic heterocycles. The van der Waals surface area contributed by atoms with Gasteiger partial charge in [0.2, 0.25) is 0 Å². The predicted molar refractivity (Wildman–Crippen MR) is 107 cm³/mol. The van der Waals surface area contributed by atoms with Crippen LogP contribution in [0.5, 0.6) is 5.75 Å². The first-order valence-corrected chi connectivity index (χ1v) is 10.2. The molecule has 0 radical (unpaired) electrons. The summed E-state index contributed by atoms with van der Waals surface area (Å²) >= 11 is 0. The van der Waals surface area contributed by atoms with Gasteiger partial charge < -0.3 is 10.1 Å². The molecule has 1 N–H and O–H groups in total. The fourth-order valence-corrected chi connectivity index (χ4v) is 3.85. The molecule has 0 fully saturated rings. The number of hydrogen-bond donors (Lipinski definition) is 1. The quantitative estimate of drug-likeness (QED) is 0.787. The summed E-state index contributed by atoms with van der Waals surface area (Å²) < 4.78 is 32.1. The molecule has 2 aromatic carbocycles. The molecule has 1 atom stereocenters. The molecular weight excluding hydrogens is 364 g/mol. The number of carbonyl (C=O) groups excluding carboxylic acids is 1. The first-order chi connectivity index (χ1) is 12.7. The number of carbonyl (C=O) groups is 1. The van der Waals surface area contributed by atoms with Gasteiger partial charge in [0.05, 0.1) is 17.7 Å². The van der Waals surface area contributed by atoms with Crippen molar-refractivity contribution in [2.24, 2.45) is 0 Å². The summed E-state index contributed by atoms with van der Waals surface area (Å²) in [5.41, 5.74) is 1.73. The van der Waals surface area contributed by atoms with Crippen LogP contribution in [0.3, 0.4) is 0 Å². The Morgan fingerprint density at radius 3 is 2.33 bits per heavy atom. The Kier molecular flexibility index (Phi) is 6.49. The number of sulfonamides is 1. The third kappa shape index (κ3) is 4.60. The van der Waals surface area contributed by atoms with Crippen molar-refractivity contribution in [3.8, 4) is 5.75 Å². The van der Waals surface area contributed by atoms with E-state index in [0.29, 0.717) is 22.6 Å². The average molecular weight is 391 g/mol. The normalized spacial score (nSPS) is 12.3. The SMILES string of the molecule is CC[C@@H](C)NC(=O)c1ccc(N(C)S(=O)(=O)c2ccc(OC)cc2)c(C)c1. The van der Waals surface area contributed by atoms with E-state index in [1.807, 2.05) is 13.8 Å². The zero-order valence-corrected chi connectivity index (χ0v) is 17.1. The monoisotopic (exact) mass is 390 g/mol. The molecule has 0 saturated carbocycles. The molecule has 2 rings (SSSR count). The third-order valence-electron chi connectivity index (χ3n) is 4.51. The van der Waals surface area contributed by atoms with E-state index >= 15 is 0 Å². The molecule has 0 spiro atoms. The zero-order valence-electron chi connectivity index (χ0n) is 16.3. The number of aryl methyl sites for hydroxylation is 1. The standard InChI is InChI=1S/C20H26N2O4S/c1-6-15(3)21-20(23)16-7-12-19(14(2)13-16)22(4)27(24,25)18-10-8-17(26-5)9-11-18/h7-13,15H,6H2,1-5H3,(H,21,23)/t15-/m1/s1. The molecule has 0 bridgehead atoms. The molecule has 0 heterocycles. The highest BCUT2D eigenvalue weighted by Gasteiger charge is 2.23. The van der Waals surface area contributed by atoms with E-state index in [4.69, 9.17) is 4.74 Å². The van der Waals surface area contributed by atoms with Gasteiger partial charge >= 0.3 is 0 Å².